The van der Waals surface area contributed by atoms with E-state index >= 15 is 0 Å². The van der Waals surface area contributed by atoms with Crippen molar-refractivity contribution in [1.29, 1.82) is 0 Å². The highest BCUT2D eigenvalue weighted by Crippen LogP contribution is 2.38. The van der Waals surface area contributed by atoms with Crippen LogP contribution in [0.3, 0.4) is 0 Å². The fraction of sp³-hybridized carbons (Fsp3) is 0.350. The first-order chi connectivity index (χ1) is 11.1. The summed E-state index contributed by atoms with van der Waals surface area (Å²) in [5, 5.41) is 12.8. The van der Waals surface area contributed by atoms with Gasteiger partial charge in [0.05, 0.1) is 0 Å². The number of nitrogens with one attached hydrogen (secondary N) is 1. The van der Waals surface area contributed by atoms with Crippen LogP contribution in [0.15, 0.2) is 54.6 Å². The Morgan fingerprint density at radius 2 is 1.78 bits per heavy atom. The molecule has 2 aromatic carbocycles. The minimum atomic E-state index is -0.770. The van der Waals surface area contributed by atoms with E-state index in [0.29, 0.717) is 18.4 Å². The molecule has 2 aromatic rings. The molecule has 3 rings (SSSR count). The summed E-state index contributed by atoms with van der Waals surface area (Å²) < 4.78 is 0. The zero-order valence-corrected chi connectivity index (χ0v) is 13.4. The van der Waals surface area contributed by atoms with Crippen molar-refractivity contribution in [2.24, 2.45) is 0 Å². The first-order valence-corrected chi connectivity index (χ1v) is 8.22. The number of benzene rings is 2. The zero-order chi connectivity index (χ0) is 16.2. The van der Waals surface area contributed by atoms with Gasteiger partial charge >= 0.3 is 5.97 Å². The molecule has 0 bridgehead atoms. The lowest BCUT2D eigenvalue weighted by Crippen LogP contribution is -2.49. The zero-order valence-electron chi connectivity index (χ0n) is 13.4. The van der Waals surface area contributed by atoms with Gasteiger partial charge in [0, 0.05) is 6.04 Å². The SMILES string of the molecule is Cc1ccccc1C1CC(N[C@H](Cc2ccccc2)C(=O)O)C1. The number of carboxylic acid groups (broad SMARTS) is 1. The molecular weight excluding hydrogens is 286 g/mol. The summed E-state index contributed by atoms with van der Waals surface area (Å²) in [6.45, 7) is 2.14. The van der Waals surface area contributed by atoms with Crippen LogP contribution in [-0.4, -0.2) is 23.2 Å². The van der Waals surface area contributed by atoms with Crippen LogP contribution in [0.25, 0.3) is 0 Å². The molecule has 1 aliphatic carbocycles. The van der Waals surface area contributed by atoms with E-state index in [0.717, 1.165) is 18.4 Å². The third kappa shape index (κ3) is 3.80. The van der Waals surface area contributed by atoms with Gasteiger partial charge in [-0.1, -0.05) is 54.6 Å². The lowest BCUT2D eigenvalue weighted by Gasteiger charge is -2.38. The standard InChI is InChI=1S/C20H23NO2/c1-14-7-5-6-10-18(14)16-12-17(13-16)21-19(20(22)23)11-15-8-3-2-4-9-15/h2-10,16-17,19,21H,11-13H2,1H3,(H,22,23)/t16?,17?,19-/m1/s1. The summed E-state index contributed by atoms with van der Waals surface area (Å²) in [4.78, 5) is 11.5. The van der Waals surface area contributed by atoms with Crippen molar-refractivity contribution < 1.29 is 9.90 Å². The molecule has 3 nitrogen and oxygen atoms in total. The molecule has 1 aliphatic rings. The van der Waals surface area contributed by atoms with Crippen molar-refractivity contribution in [2.45, 2.75) is 44.2 Å². The molecule has 0 radical (unpaired) electrons. The maximum atomic E-state index is 11.5. The summed E-state index contributed by atoms with van der Waals surface area (Å²) in [6, 6.07) is 18.1. The number of rotatable bonds is 6. The van der Waals surface area contributed by atoms with Crippen molar-refractivity contribution >= 4 is 5.97 Å². The predicted molar refractivity (Wildman–Crippen MR) is 91.6 cm³/mol. The smallest absolute Gasteiger partial charge is 0.321 e. The summed E-state index contributed by atoms with van der Waals surface area (Å²) in [7, 11) is 0. The van der Waals surface area contributed by atoms with Gasteiger partial charge in [-0.2, -0.15) is 0 Å². The van der Waals surface area contributed by atoms with E-state index in [-0.39, 0.29) is 0 Å². The van der Waals surface area contributed by atoms with Crippen molar-refractivity contribution in [2.75, 3.05) is 0 Å². The van der Waals surface area contributed by atoms with Gasteiger partial charge in [-0.25, -0.2) is 0 Å². The van der Waals surface area contributed by atoms with Gasteiger partial charge in [0.25, 0.3) is 0 Å². The van der Waals surface area contributed by atoms with Gasteiger partial charge in [0.1, 0.15) is 6.04 Å². The van der Waals surface area contributed by atoms with Crippen LogP contribution in [0.5, 0.6) is 0 Å². The quantitative estimate of drug-likeness (QED) is 0.858. The third-order valence-electron chi connectivity index (χ3n) is 4.78. The van der Waals surface area contributed by atoms with Crippen LogP contribution < -0.4 is 5.32 Å². The number of carboxylic acids is 1. The van der Waals surface area contributed by atoms with E-state index in [1.54, 1.807) is 0 Å². The van der Waals surface area contributed by atoms with E-state index in [2.05, 4.69) is 36.5 Å². The molecule has 0 aliphatic heterocycles. The predicted octanol–water partition coefficient (Wildman–Crippen LogP) is 3.53. The molecule has 3 heteroatoms. The second-order valence-corrected chi connectivity index (χ2v) is 6.47. The van der Waals surface area contributed by atoms with Crippen LogP contribution >= 0.6 is 0 Å². The Bertz CT molecular complexity index is 662. The summed E-state index contributed by atoms with van der Waals surface area (Å²) in [5.41, 5.74) is 3.79. The fourth-order valence-electron chi connectivity index (χ4n) is 3.40. The molecule has 23 heavy (non-hydrogen) atoms. The molecule has 0 unspecified atom stereocenters. The van der Waals surface area contributed by atoms with Crippen LogP contribution in [0.4, 0.5) is 0 Å². The van der Waals surface area contributed by atoms with Gasteiger partial charge in [-0.05, 0) is 48.8 Å². The number of hydrogen-bond donors (Lipinski definition) is 2. The minimum absolute atomic E-state index is 0.296. The molecule has 0 heterocycles. The first-order valence-electron chi connectivity index (χ1n) is 8.22. The Morgan fingerprint density at radius 3 is 2.43 bits per heavy atom. The van der Waals surface area contributed by atoms with Crippen molar-refractivity contribution in [3.63, 3.8) is 0 Å². The average Bonchev–Trinajstić information content (AvgIpc) is 2.51. The summed E-state index contributed by atoms with van der Waals surface area (Å²) >= 11 is 0. The molecule has 0 saturated heterocycles. The van der Waals surface area contributed by atoms with Crippen molar-refractivity contribution in [3.05, 3.63) is 71.3 Å². The van der Waals surface area contributed by atoms with Crippen LogP contribution in [0.2, 0.25) is 0 Å². The molecule has 0 spiro atoms. The van der Waals surface area contributed by atoms with Crippen LogP contribution in [0, 0.1) is 6.92 Å². The average molecular weight is 309 g/mol. The Balaban J connectivity index is 1.57. The molecule has 120 valence electrons. The molecule has 2 N–H and O–H groups in total. The van der Waals surface area contributed by atoms with Gasteiger partial charge in [0.2, 0.25) is 0 Å². The lowest BCUT2D eigenvalue weighted by atomic mass is 9.74. The normalized spacial score (nSPS) is 21.4. The lowest BCUT2D eigenvalue weighted by molar-refractivity contribution is -0.139. The molecular formula is C20H23NO2. The molecule has 1 saturated carbocycles. The number of aliphatic carboxylic acids is 1. The van der Waals surface area contributed by atoms with Crippen molar-refractivity contribution in [1.82, 2.24) is 5.32 Å². The molecule has 1 atom stereocenters. The monoisotopic (exact) mass is 309 g/mol. The Morgan fingerprint density at radius 1 is 1.13 bits per heavy atom. The molecule has 1 fully saturated rings. The van der Waals surface area contributed by atoms with Gasteiger partial charge in [0.15, 0.2) is 0 Å². The second kappa shape index (κ2) is 6.97. The minimum Gasteiger partial charge on any atom is -0.480 e. The Kier molecular flexibility index (Phi) is 4.77. The topological polar surface area (TPSA) is 49.3 Å². The number of hydrogen-bond acceptors (Lipinski definition) is 2. The maximum Gasteiger partial charge on any atom is 0.321 e. The summed E-state index contributed by atoms with van der Waals surface area (Å²) in [6.07, 6.45) is 2.56. The highest BCUT2D eigenvalue weighted by atomic mass is 16.4. The fourth-order valence-corrected chi connectivity index (χ4v) is 3.40. The second-order valence-electron chi connectivity index (χ2n) is 6.47. The maximum absolute atomic E-state index is 11.5. The summed E-state index contributed by atoms with van der Waals surface area (Å²) in [5.74, 6) is -0.215. The van der Waals surface area contributed by atoms with Crippen molar-refractivity contribution in [3.8, 4) is 0 Å². The van der Waals surface area contributed by atoms with E-state index in [1.165, 1.54) is 11.1 Å². The van der Waals surface area contributed by atoms with Crippen LogP contribution in [-0.2, 0) is 11.2 Å². The molecule has 0 amide bonds. The first kappa shape index (κ1) is 15.8. The van der Waals surface area contributed by atoms with E-state index in [4.69, 9.17) is 0 Å². The number of aryl methyl sites for hydroxylation is 1. The Hall–Kier alpha value is -2.13. The van der Waals surface area contributed by atoms with Gasteiger partial charge < -0.3 is 10.4 Å². The van der Waals surface area contributed by atoms with Crippen LogP contribution in [0.1, 0.15) is 35.4 Å². The van der Waals surface area contributed by atoms with Gasteiger partial charge in [-0.15, -0.1) is 0 Å². The molecule has 0 aromatic heterocycles. The largest absolute Gasteiger partial charge is 0.480 e. The third-order valence-corrected chi connectivity index (χ3v) is 4.78. The highest BCUT2D eigenvalue weighted by molar-refractivity contribution is 5.74. The van der Waals surface area contributed by atoms with Gasteiger partial charge in [-0.3, -0.25) is 4.79 Å². The number of carbonyl (C=O) groups is 1. The van der Waals surface area contributed by atoms with E-state index in [1.807, 2.05) is 30.3 Å². The Labute approximate surface area is 137 Å². The van der Waals surface area contributed by atoms with E-state index < -0.39 is 12.0 Å². The van der Waals surface area contributed by atoms with E-state index in [9.17, 15) is 9.90 Å². The highest BCUT2D eigenvalue weighted by Gasteiger charge is 2.33.